The lowest BCUT2D eigenvalue weighted by atomic mass is 10.1. The number of carboxylic acid groups (broad SMARTS) is 1. The molecule has 20 heavy (non-hydrogen) atoms. The number of piperazine rings is 1. The third-order valence-corrected chi connectivity index (χ3v) is 4.42. The fourth-order valence-electron chi connectivity index (χ4n) is 1.97. The number of rotatable bonds is 5. The van der Waals surface area contributed by atoms with Crippen molar-refractivity contribution < 1.29 is 23.1 Å². The van der Waals surface area contributed by atoms with Crippen LogP contribution in [0.1, 0.15) is 13.3 Å². The van der Waals surface area contributed by atoms with Crippen LogP contribution in [-0.4, -0.2) is 73.7 Å². The average molecular weight is 307 g/mol. The smallest absolute Gasteiger partial charge is 0.317 e. The molecular weight excluding hydrogens is 286 g/mol. The number of carbonyl (C=O) groups is 2. The lowest BCUT2D eigenvalue weighted by Crippen LogP contribution is -2.53. The number of sulfonamides is 1. The molecule has 1 fully saturated rings. The van der Waals surface area contributed by atoms with Crippen molar-refractivity contribution in [2.45, 2.75) is 13.3 Å². The summed E-state index contributed by atoms with van der Waals surface area (Å²) in [6, 6.07) is -0.282. The van der Waals surface area contributed by atoms with E-state index in [1.54, 1.807) is 6.92 Å². The van der Waals surface area contributed by atoms with Gasteiger partial charge in [0.05, 0.1) is 6.26 Å². The van der Waals surface area contributed by atoms with Crippen molar-refractivity contribution in [2.75, 3.05) is 39.0 Å². The molecule has 0 aromatic rings. The van der Waals surface area contributed by atoms with E-state index in [1.165, 1.54) is 9.21 Å². The van der Waals surface area contributed by atoms with E-state index in [0.29, 0.717) is 13.1 Å². The van der Waals surface area contributed by atoms with E-state index in [4.69, 9.17) is 5.11 Å². The topological polar surface area (TPSA) is 107 Å². The zero-order valence-corrected chi connectivity index (χ0v) is 12.5. The maximum Gasteiger partial charge on any atom is 0.317 e. The quantitative estimate of drug-likeness (QED) is 0.704. The molecule has 1 saturated heterocycles. The molecule has 0 radical (unpaired) electrons. The van der Waals surface area contributed by atoms with Crippen molar-refractivity contribution in [3.63, 3.8) is 0 Å². The molecule has 0 bridgehead atoms. The van der Waals surface area contributed by atoms with Crippen LogP contribution in [-0.2, 0) is 14.8 Å². The van der Waals surface area contributed by atoms with Gasteiger partial charge in [-0.15, -0.1) is 0 Å². The summed E-state index contributed by atoms with van der Waals surface area (Å²) in [5.41, 5.74) is 0. The highest BCUT2D eigenvalue weighted by molar-refractivity contribution is 7.88. The van der Waals surface area contributed by atoms with Gasteiger partial charge < -0.3 is 15.3 Å². The molecule has 8 nitrogen and oxygen atoms in total. The Bertz CT molecular complexity index is 457. The van der Waals surface area contributed by atoms with Gasteiger partial charge in [0, 0.05) is 39.1 Å². The van der Waals surface area contributed by atoms with Gasteiger partial charge in [-0.3, -0.25) is 4.79 Å². The molecule has 0 saturated carbocycles. The van der Waals surface area contributed by atoms with Gasteiger partial charge in [-0.05, 0) is 5.92 Å². The summed E-state index contributed by atoms with van der Waals surface area (Å²) >= 11 is 0. The standard InChI is InChI=1S/C11H21N3O5S/c1-9(7-10(15)16)8-12-11(17)13-3-5-14(6-4-13)20(2,18)19/h9H,3-8H2,1-2H3,(H,12,17)(H,15,16). The Morgan fingerprint density at radius 1 is 1.25 bits per heavy atom. The van der Waals surface area contributed by atoms with E-state index in [2.05, 4.69) is 5.32 Å². The maximum absolute atomic E-state index is 11.8. The Morgan fingerprint density at radius 2 is 1.80 bits per heavy atom. The van der Waals surface area contributed by atoms with Crippen LogP contribution in [0.5, 0.6) is 0 Å². The lowest BCUT2D eigenvalue weighted by Gasteiger charge is -2.33. The van der Waals surface area contributed by atoms with Crippen molar-refractivity contribution >= 4 is 22.0 Å². The molecule has 1 atom stereocenters. The van der Waals surface area contributed by atoms with Crippen molar-refractivity contribution in [1.82, 2.24) is 14.5 Å². The van der Waals surface area contributed by atoms with Crippen LogP contribution in [0.3, 0.4) is 0 Å². The maximum atomic E-state index is 11.8. The highest BCUT2D eigenvalue weighted by Crippen LogP contribution is 2.06. The minimum atomic E-state index is -3.20. The minimum Gasteiger partial charge on any atom is -0.481 e. The molecule has 1 rings (SSSR count). The molecule has 2 amide bonds. The first-order chi connectivity index (χ1) is 9.20. The fourth-order valence-corrected chi connectivity index (χ4v) is 2.79. The molecule has 0 aromatic carbocycles. The molecule has 1 aliphatic heterocycles. The number of hydrogen-bond acceptors (Lipinski definition) is 4. The van der Waals surface area contributed by atoms with Gasteiger partial charge in [-0.25, -0.2) is 13.2 Å². The van der Waals surface area contributed by atoms with Gasteiger partial charge in [0.1, 0.15) is 0 Å². The molecule has 1 unspecified atom stereocenters. The van der Waals surface area contributed by atoms with Crippen molar-refractivity contribution in [1.29, 1.82) is 0 Å². The third kappa shape index (κ3) is 5.33. The van der Waals surface area contributed by atoms with Crippen LogP contribution in [0, 0.1) is 5.92 Å². The number of hydrogen-bond donors (Lipinski definition) is 2. The van der Waals surface area contributed by atoms with Crippen molar-refractivity contribution in [3.8, 4) is 0 Å². The Morgan fingerprint density at radius 3 is 2.25 bits per heavy atom. The number of aliphatic carboxylic acids is 1. The van der Waals surface area contributed by atoms with E-state index in [9.17, 15) is 18.0 Å². The number of urea groups is 1. The van der Waals surface area contributed by atoms with E-state index in [0.717, 1.165) is 6.26 Å². The summed E-state index contributed by atoms with van der Waals surface area (Å²) in [4.78, 5) is 23.9. The molecule has 9 heteroatoms. The summed E-state index contributed by atoms with van der Waals surface area (Å²) < 4.78 is 24.0. The fraction of sp³-hybridized carbons (Fsp3) is 0.818. The molecule has 1 heterocycles. The number of carboxylic acids is 1. The summed E-state index contributed by atoms with van der Waals surface area (Å²) in [6.45, 7) is 3.29. The molecule has 2 N–H and O–H groups in total. The summed E-state index contributed by atoms with van der Waals surface area (Å²) in [5.74, 6) is -1.04. The van der Waals surface area contributed by atoms with Gasteiger partial charge in [0.15, 0.2) is 0 Å². The first-order valence-electron chi connectivity index (χ1n) is 6.40. The van der Waals surface area contributed by atoms with Gasteiger partial charge >= 0.3 is 12.0 Å². The summed E-state index contributed by atoms with van der Waals surface area (Å²) in [7, 11) is -3.20. The first-order valence-corrected chi connectivity index (χ1v) is 8.24. The van der Waals surface area contributed by atoms with E-state index < -0.39 is 16.0 Å². The molecule has 0 spiro atoms. The Balaban J connectivity index is 2.34. The van der Waals surface area contributed by atoms with Gasteiger partial charge in [-0.1, -0.05) is 6.92 Å². The highest BCUT2D eigenvalue weighted by atomic mass is 32.2. The van der Waals surface area contributed by atoms with Crippen LogP contribution in [0.15, 0.2) is 0 Å². The molecule has 1 aliphatic rings. The average Bonchev–Trinajstić information content (AvgIpc) is 2.34. The lowest BCUT2D eigenvalue weighted by molar-refractivity contribution is -0.137. The highest BCUT2D eigenvalue weighted by Gasteiger charge is 2.26. The van der Waals surface area contributed by atoms with Crippen LogP contribution in [0.4, 0.5) is 4.79 Å². The Kier molecular flexibility index (Phi) is 5.75. The monoisotopic (exact) mass is 307 g/mol. The largest absolute Gasteiger partial charge is 0.481 e. The molecule has 0 aliphatic carbocycles. The van der Waals surface area contributed by atoms with Gasteiger partial charge in [-0.2, -0.15) is 4.31 Å². The number of nitrogens with one attached hydrogen (secondary N) is 1. The zero-order valence-electron chi connectivity index (χ0n) is 11.7. The first kappa shape index (κ1) is 16.7. The van der Waals surface area contributed by atoms with E-state index in [-0.39, 0.29) is 38.0 Å². The SMILES string of the molecule is CC(CNC(=O)N1CCN(S(C)(=O)=O)CC1)CC(=O)O. The molecule has 0 aromatic heterocycles. The normalized spacial score (nSPS) is 18.6. The van der Waals surface area contributed by atoms with Crippen molar-refractivity contribution in [3.05, 3.63) is 0 Å². The van der Waals surface area contributed by atoms with E-state index in [1.807, 2.05) is 0 Å². The Hall–Kier alpha value is -1.35. The second-order valence-electron chi connectivity index (χ2n) is 5.04. The van der Waals surface area contributed by atoms with Crippen LogP contribution in [0.25, 0.3) is 0 Å². The van der Waals surface area contributed by atoms with Crippen molar-refractivity contribution in [2.24, 2.45) is 5.92 Å². The van der Waals surface area contributed by atoms with E-state index >= 15 is 0 Å². The van der Waals surface area contributed by atoms with Crippen LogP contribution < -0.4 is 5.32 Å². The third-order valence-electron chi connectivity index (χ3n) is 3.12. The number of nitrogens with zero attached hydrogens (tertiary/aromatic N) is 2. The second kappa shape index (κ2) is 6.89. The molecule has 116 valence electrons. The second-order valence-corrected chi connectivity index (χ2v) is 7.02. The number of amides is 2. The summed E-state index contributed by atoms with van der Waals surface area (Å²) in [5, 5.41) is 11.3. The minimum absolute atomic E-state index is 0.00212. The van der Waals surface area contributed by atoms with Crippen LogP contribution in [0.2, 0.25) is 0 Å². The Labute approximate surface area is 118 Å². The summed E-state index contributed by atoms with van der Waals surface area (Å²) in [6.07, 6.45) is 1.15. The predicted molar refractivity (Wildman–Crippen MR) is 72.8 cm³/mol. The molecular formula is C11H21N3O5S. The van der Waals surface area contributed by atoms with Gasteiger partial charge in [0.2, 0.25) is 10.0 Å². The van der Waals surface area contributed by atoms with Gasteiger partial charge in [0.25, 0.3) is 0 Å². The predicted octanol–water partition coefficient (Wildman–Crippen LogP) is -0.616. The zero-order chi connectivity index (χ0) is 15.3. The number of carbonyl (C=O) groups excluding carboxylic acids is 1. The van der Waals surface area contributed by atoms with Crippen LogP contribution >= 0.6 is 0 Å².